The van der Waals surface area contributed by atoms with Crippen molar-refractivity contribution < 1.29 is 0 Å². The van der Waals surface area contributed by atoms with Crippen molar-refractivity contribution in [1.82, 2.24) is 15.2 Å². The van der Waals surface area contributed by atoms with Crippen LogP contribution in [0, 0.1) is 13.8 Å². The second-order valence-electron chi connectivity index (χ2n) is 2.81. The molecule has 0 amide bonds. The minimum Gasteiger partial charge on any atom is -0.285 e. The van der Waals surface area contributed by atoms with Crippen LogP contribution in [0.3, 0.4) is 0 Å². The lowest BCUT2D eigenvalue weighted by Gasteiger charge is -1.82. The molecule has 0 atom stereocenters. The summed E-state index contributed by atoms with van der Waals surface area (Å²) in [7, 11) is 0. The van der Waals surface area contributed by atoms with Gasteiger partial charge in [-0.1, -0.05) is 33.8 Å². The molecule has 0 unspecified atom stereocenters. The average molecular weight is 235 g/mol. The number of pyridine rings is 1. The fourth-order valence-electron chi connectivity index (χ4n) is 0.764. The zero-order chi connectivity index (χ0) is 13.5. The number of H-pyrrole nitrogens is 1. The Hall–Kier alpha value is -1.64. The van der Waals surface area contributed by atoms with Gasteiger partial charge in [-0.05, 0) is 31.0 Å². The van der Waals surface area contributed by atoms with Crippen LogP contribution in [0.25, 0.3) is 0 Å². The smallest absolute Gasteiger partial charge is 0.0516 e. The zero-order valence-corrected chi connectivity index (χ0v) is 11.9. The Balaban J connectivity index is 0. The number of hydrogen-bond acceptors (Lipinski definition) is 2. The van der Waals surface area contributed by atoms with Crippen molar-refractivity contribution in [3.8, 4) is 0 Å². The predicted molar refractivity (Wildman–Crippen MR) is 75.0 cm³/mol. The Morgan fingerprint density at radius 1 is 0.941 bits per heavy atom. The molecule has 96 valence electrons. The van der Waals surface area contributed by atoms with E-state index in [9.17, 15) is 0 Å². The topological polar surface area (TPSA) is 41.6 Å². The molecule has 0 aliphatic heterocycles. The summed E-state index contributed by atoms with van der Waals surface area (Å²) < 4.78 is 0. The van der Waals surface area contributed by atoms with Gasteiger partial charge in [0, 0.05) is 18.6 Å². The fraction of sp³-hybridized carbons (Fsp3) is 0.429. The molecule has 1 N–H and O–H groups in total. The third-order valence-electron chi connectivity index (χ3n) is 1.44. The van der Waals surface area contributed by atoms with Crippen molar-refractivity contribution in [2.45, 2.75) is 41.5 Å². The second-order valence-corrected chi connectivity index (χ2v) is 2.81. The molecule has 2 aromatic heterocycles. The van der Waals surface area contributed by atoms with E-state index < -0.39 is 0 Å². The molecule has 0 radical (unpaired) electrons. The lowest BCUT2D eigenvalue weighted by atomic mass is 10.3. The van der Waals surface area contributed by atoms with E-state index in [4.69, 9.17) is 0 Å². The zero-order valence-electron chi connectivity index (χ0n) is 11.9. The highest BCUT2D eigenvalue weighted by Crippen LogP contribution is 1.88. The number of nitrogens with one attached hydrogen (secondary N) is 1. The van der Waals surface area contributed by atoms with Crippen LogP contribution in [0.2, 0.25) is 0 Å². The molecular weight excluding hydrogens is 210 g/mol. The number of aryl methyl sites for hydroxylation is 2. The molecule has 0 saturated carbocycles. The molecule has 17 heavy (non-hydrogen) atoms. The van der Waals surface area contributed by atoms with Crippen LogP contribution in [0.4, 0.5) is 0 Å². The lowest BCUT2D eigenvalue weighted by Crippen LogP contribution is -1.69. The van der Waals surface area contributed by atoms with Gasteiger partial charge in [0.1, 0.15) is 0 Å². The van der Waals surface area contributed by atoms with Gasteiger partial charge in [0.05, 0.1) is 6.20 Å². The number of aromatic amines is 1. The molecular formula is C14H25N3. The van der Waals surface area contributed by atoms with Gasteiger partial charge < -0.3 is 0 Å². The maximum atomic E-state index is 3.88. The largest absolute Gasteiger partial charge is 0.285 e. The minimum absolute atomic E-state index is 1.18. The van der Waals surface area contributed by atoms with Crippen molar-refractivity contribution in [2.24, 2.45) is 0 Å². The van der Waals surface area contributed by atoms with E-state index in [0.717, 1.165) is 0 Å². The van der Waals surface area contributed by atoms with Crippen LogP contribution < -0.4 is 0 Å². The van der Waals surface area contributed by atoms with E-state index >= 15 is 0 Å². The quantitative estimate of drug-likeness (QED) is 0.745. The van der Waals surface area contributed by atoms with Crippen LogP contribution in [-0.2, 0) is 0 Å². The van der Waals surface area contributed by atoms with Gasteiger partial charge in [-0.15, -0.1) is 0 Å². The van der Waals surface area contributed by atoms with Crippen molar-refractivity contribution in [2.75, 3.05) is 0 Å². The van der Waals surface area contributed by atoms with E-state index in [1.54, 1.807) is 12.4 Å². The average Bonchev–Trinajstić information content (AvgIpc) is 2.87. The maximum Gasteiger partial charge on any atom is 0.0516 e. The molecule has 0 aliphatic rings. The molecule has 2 heterocycles. The number of hydrogen-bond donors (Lipinski definition) is 1. The van der Waals surface area contributed by atoms with E-state index in [2.05, 4.69) is 15.2 Å². The summed E-state index contributed by atoms with van der Waals surface area (Å²) in [4.78, 5) is 3.88. The Morgan fingerprint density at radius 3 is 1.76 bits per heavy atom. The van der Waals surface area contributed by atoms with Gasteiger partial charge in [0.2, 0.25) is 0 Å². The monoisotopic (exact) mass is 235 g/mol. The Morgan fingerprint density at radius 2 is 1.59 bits per heavy atom. The first-order valence-electron chi connectivity index (χ1n) is 6.11. The van der Waals surface area contributed by atoms with Gasteiger partial charge in [0.25, 0.3) is 0 Å². The van der Waals surface area contributed by atoms with Gasteiger partial charge >= 0.3 is 0 Å². The SMILES string of the molecule is CC.CC.Cc1cccnc1.Cc1cn[nH]c1. The van der Waals surface area contributed by atoms with Gasteiger partial charge in [-0.3, -0.25) is 10.1 Å². The highest BCUT2D eigenvalue weighted by atomic mass is 15.1. The van der Waals surface area contributed by atoms with Crippen LogP contribution in [0.15, 0.2) is 36.9 Å². The molecule has 3 nitrogen and oxygen atoms in total. The van der Waals surface area contributed by atoms with E-state index in [1.807, 2.05) is 66.1 Å². The minimum atomic E-state index is 1.18. The third-order valence-corrected chi connectivity index (χ3v) is 1.44. The van der Waals surface area contributed by atoms with E-state index in [1.165, 1.54) is 11.1 Å². The van der Waals surface area contributed by atoms with Crippen molar-refractivity contribution >= 4 is 0 Å². The number of rotatable bonds is 0. The van der Waals surface area contributed by atoms with Gasteiger partial charge in [-0.2, -0.15) is 5.10 Å². The Kier molecular flexibility index (Phi) is 15.0. The first kappa shape index (κ1) is 17.7. The molecule has 0 aliphatic carbocycles. The maximum absolute atomic E-state index is 3.88. The Bertz CT molecular complexity index is 314. The Labute approximate surface area is 105 Å². The van der Waals surface area contributed by atoms with E-state index in [-0.39, 0.29) is 0 Å². The highest BCUT2D eigenvalue weighted by molar-refractivity contribution is 5.04. The molecule has 0 saturated heterocycles. The highest BCUT2D eigenvalue weighted by Gasteiger charge is 1.74. The summed E-state index contributed by atoms with van der Waals surface area (Å²) in [6, 6.07) is 3.95. The number of aromatic nitrogens is 3. The molecule has 0 aromatic carbocycles. The second kappa shape index (κ2) is 14.4. The summed E-state index contributed by atoms with van der Waals surface area (Å²) in [5, 5.41) is 6.38. The standard InChI is InChI=1S/C6H7N.C4H6N2.2C2H6/c1-6-3-2-4-7-5-6;1-4-2-5-6-3-4;2*1-2/h2-5H,1H3;2-3H,1H3,(H,5,6);2*1-2H3. The molecule has 0 bridgehead atoms. The van der Waals surface area contributed by atoms with Crippen LogP contribution >= 0.6 is 0 Å². The van der Waals surface area contributed by atoms with Crippen LogP contribution in [0.5, 0.6) is 0 Å². The van der Waals surface area contributed by atoms with Crippen LogP contribution in [-0.4, -0.2) is 15.2 Å². The van der Waals surface area contributed by atoms with Crippen molar-refractivity contribution in [3.63, 3.8) is 0 Å². The van der Waals surface area contributed by atoms with E-state index in [0.29, 0.717) is 0 Å². The van der Waals surface area contributed by atoms with Gasteiger partial charge in [0.15, 0.2) is 0 Å². The molecule has 2 rings (SSSR count). The summed E-state index contributed by atoms with van der Waals surface area (Å²) in [6.07, 6.45) is 7.23. The number of nitrogens with zero attached hydrogens (tertiary/aromatic N) is 2. The van der Waals surface area contributed by atoms with Gasteiger partial charge in [-0.25, -0.2) is 0 Å². The summed E-state index contributed by atoms with van der Waals surface area (Å²) >= 11 is 0. The van der Waals surface area contributed by atoms with Crippen LogP contribution in [0.1, 0.15) is 38.8 Å². The fourth-order valence-corrected chi connectivity index (χ4v) is 0.764. The first-order valence-corrected chi connectivity index (χ1v) is 6.11. The van der Waals surface area contributed by atoms with Crippen molar-refractivity contribution in [3.05, 3.63) is 48.0 Å². The predicted octanol–water partition coefficient (Wildman–Crippen LogP) is 4.16. The summed E-state index contributed by atoms with van der Waals surface area (Å²) in [5.74, 6) is 0. The van der Waals surface area contributed by atoms with Crippen molar-refractivity contribution in [1.29, 1.82) is 0 Å². The summed E-state index contributed by atoms with van der Waals surface area (Å²) in [5.41, 5.74) is 2.39. The normalized spacial score (nSPS) is 7.41. The molecule has 3 heteroatoms. The first-order chi connectivity index (χ1) is 8.29. The molecule has 2 aromatic rings. The third kappa shape index (κ3) is 12.3. The summed E-state index contributed by atoms with van der Waals surface area (Å²) in [6.45, 7) is 12.0. The lowest BCUT2D eigenvalue weighted by molar-refractivity contribution is 1.09. The molecule has 0 spiro atoms. The molecule has 0 fully saturated rings.